The highest BCUT2D eigenvalue weighted by Gasteiger charge is 1.93. The van der Waals surface area contributed by atoms with Crippen LogP contribution in [0.2, 0.25) is 0 Å². The lowest BCUT2D eigenvalue weighted by molar-refractivity contribution is 0.125. The number of hydrogen-bond acceptors (Lipinski definition) is 1. The molecule has 1 heteroatoms. The van der Waals surface area contributed by atoms with Gasteiger partial charge in [0.15, 0.2) is 0 Å². The highest BCUT2D eigenvalue weighted by Crippen LogP contribution is 2.08. The van der Waals surface area contributed by atoms with Gasteiger partial charge in [-0.05, 0) is 25.7 Å². The van der Waals surface area contributed by atoms with Gasteiger partial charge < -0.3 is 4.74 Å². The lowest BCUT2D eigenvalue weighted by atomic mass is 10.1. The first-order valence-corrected chi connectivity index (χ1v) is 8.60. The van der Waals surface area contributed by atoms with E-state index < -0.39 is 0 Å². The maximum Gasteiger partial charge on any atom is 0.0466 e. The van der Waals surface area contributed by atoms with Crippen LogP contribution in [0.3, 0.4) is 0 Å². The molecule has 0 aliphatic heterocycles. The normalized spacial score (nSPS) is 10.8. The third-order valence-electron chi connectivity index (χ3n) is 3.59. The SMILES string of the molecule is C=CCCCCCCOCCCCCCCCCC. The van der Waals surface area contributed by atoms with Crippen LogP contribution in [0.4, 0.5) is 0 Å². The van der Waals surface area contributed by atoms with E-state index in [0.29, 0.717) is 0 Å². The van der Waals surface area contributed by atoms with E-state index in [2.05, 4.69) is 13.5 Å². The summed E-state index contributed by atoms with van der Waals surface area (Å²) in [5, 5.41) is 0. The fourth-order valence-electron chi connectivity index (χ4n) is 2.29. The van der Waals surface area contributed by atoms with Crippen LogP contribution in [0.25, 0.3) is 0 Å². The Kier molecular flexibility index (Phi) is 17.4. The fourth-order valence-corrected chi connectivity index (χ4v) is 2.29. The van der Waals surface area contributed by atoms with Crippen molar-refractivity contribution in [2.75, 3.05) is 13.2 Å². The summed E-state index contributed by atoms with van der Waals surface area (Å²) in [7, 11) is 0. The van der Waals surface area contributed by atoms with Crippen molar-refractivity contribution in [1.82, 2.24) is 0 Å². The lowest BCUT2D eigenvalue weighted by Crippen LogP contribution is -1.97. The van der Waals surface area contributed by atoms with E-state index in [9.17, 15) is 0 Å². The van der Waals surface area contributed by atoms with E-state index in [4.69, 9.17) is 4.74 Å². The van der Waals surface area contributed by atoms with Gasteiger partial charge in [-0.25, -0.2) is 0 Å². The molecule has 0 fully saturated rings. The summed E-state index contributed by atoms with van der Waals surface area (Å²) in [5.74, 6) is 0. The Bertz CT molecular complexity index is 165. The summed E-state index contributed by atoms with van der Waals surface area (Å²) in [6.07, 6.45) is 19.4. The molecule has 0 saturated carbocycles. The van der Waals surface area contributed by atoms with Crippen LogP contribution in [-0.2, 0) is 4.74 Å². The second-order valence-corrected chi connectivity index (χ2v) is 5.58. The Balaban J connectivity index is 2.89. The zero-order valence-electron chi connectivity index (χ0n) is 13.3. The molecule has 0 aromatic carbocycles. The predicted octanol–water partition coefficient (Wildman–Crippen LogP) is 6.28. The first kappa shape index (κ1) is 18.7. The van der Waals surface area contributed by atoms with Crippen molar-refractivity contribution in [2.45, 2.75) is 90.4 Å². The van der Waals surface area contributed by atoms with Gasteiger partial charge in [0, 0.05) is 13.2 Å². The van der Waals surface area contributed by atoms with Crippen LogP contribution in [0.15, 0.2) is 12.7 Å². The van der Waals surface area contributed by atoms with E-state index in [1.807, 2.05) is 6.08 Å². The molecule has 0 aromatic heterocycles. The maximum absolute atomic E-state index is 5.67. The van der Waals surface area contributed by atoms with Crippen molar-refractivity contribution in [2.24, 2.45) is 0 Å². The van der Waals surface area contributed by atoms with E-state index >= 15 is 0 Å². The molecule has 0 amide bonds. The van der Waals surface area contributed by atoms with Gasteiger partial charge in [-0.3, -0.25) is 0 Å². The van der Waals surface area contributed by atoms with E-state index in [0.717, 1.165) is 13.2 Å². The number of ether oxygens (including phenoxy) is 1. The molecule has 0 aliphatic rings. The smallest absolute Gasteiger partial charge is 0.0466 e. The van der Waals surface area contributed by atoms with Crippen molar-refractivity contribution in [3.05, 3.63) is 12.7 Å². The average Bonchev–Trinajstić information content (AvgIpc) is 2.43. The van der Waals surface area contributed by atoms with Crippen molar-refractivity contribution in [1.29, 1.82) is 0 Å². The molecule has 0 radical (unpaired) electrons. The highest BCUT2D eigenvalue weighted by molar-refractivity contribution is 4.65. The summed E-state index contributed by atoms with van der Waals surface area (Å²) in [5.41, 5.74) is 0. The molecular weight excluding hydrogens is 232 g/mol. The van der Waals surface area contributed by atoms with Gasteiger partial charge in [0.25, 0.3) is 0 Å². The quantitative estimate of drug-likeness (QED) is 0.236. The van der Waals surface area contributed by atoms with E-state index in [1.54, 1.807) is 0 Å². The van der Waals surface area contributed by atoms with Crippen molar-refractivity contribution >= 4 is 0 Å². The van der Waals surface area contributed by atoms with Crippen LogP contribution in [0.5, 0.6) is 0 Å². The molecule has 0 atom stereocenters. The largest absolute Gasteiger partial charge is 0.381 e. The standard InChI is InChI=1S/C18H36O/c1-3-5-7-9-11-12-14-16-18-19-17-15-13-10-8-6-4-2/h4H,2-3,5-18H2,1H3. The third kappa shape index (κ3) is 17.7. The molecule has 19 heavy (non-hydrogen) atoms. The minimum atomic E-state index is 0.963. The molecule has 0 spiro atoms. The van der Waals surface area contributed by atoms with E-state index in [1.165, 1.54) is 83.5 Å². The zero-order chi connectivity index (χ0) is 14.0. The Hall–Kier alpha value is -0.300. The first-order valence-electron chi connectivity index (χ1n) is 8.60. The molecule has 0 aromatic rings. The summed E-state index contributed by atoms with van der Waals surface area (Å²) in [4.78, 5) is 0. The molecule has 114 valence electrons. The van der Waals surface area contributed by atoms with Gasteiger partial charge in [-0.2, -0.15) is 0 Å². The van der Waals surface area contributed by atoms with Crippen LogP contribution >= 0.6 is 0 Å². The van der Waals surface area contributed by atoms with Gasteiger partial charge in [0.1, 0.15) is 0 Å². The Morgan fingerprint density at radius 1 is 0.684 bits per heavy atom. The summed E-state index contributed by atoms with van der Waals surface area (Å²) < 4.78 is 5.67. The molecule has 0 saturated heterocycles. The molecule has 0 N–H and O–H groups in total. The second kappa shape index (κ2) is 17.7. The monoisotopic (exact) mass is 268 g/mol. The number of hydrogen-bond donors (Lipinski definition) is 0. The van der Waals surface area contributed by atoms with Gasteiger partial charge in [-0.15, -0.1) is 6.58 Å². The van der Waals surface area contributed by atoms with Crippen molar-refractivity contribution in [3.63, 3.8) is 0 Å². The molecule has 0 aliphatic carbocycles. The van der Waals surface area contributed by atoms with Gasteiger partial charge in [0.2, 0.25) is 0 Å². The predicted molar refractivity (Wildman–Crippen MR) is 86.7 cm³/mol. The molecule has 0 heterocycles. The fraction of sp³-hybridized carbons (Fsp3) is 0.889. The highest BCUT2D eigenvalue weighted by atomic mass is 16.5. The third-order valence-corrected chi connectivity index (χ3v) is 3.59. The Labute approximate surface area is 121 Å². The second-order valence-electron chi connectivity index (χ2n) is 5.58. The first-order chi connectivity index (χ1) is 9.41. The van der Waals surface area contributed by atoms with Crippen LogP contribution in [-0.4, -0.2) is 13.2 Å². The molecular formula is C18H36O. The molecule has 1 nitrogen and oxygen atoms in total. The number of rotatable bonds is 16. The number of unbranched alkanes of at least 4 members (excludes halogenated alkanes) is 11. The van der Waals surface area contributed by atoms with E-state index in [-0.39, 0.29) is 0 Å². The Morgan fingerprint density at radius 3 is 1.68 bits per heavy atom. The van der Waals surface area contributed by atoms with Crippen LogP contribution < -0.4 is 0 Å². The summed E-state index contributed by atoms with van der Waals surface area (Å²) in [6.45, 7) is 7.95. The van der Waals surface area contributed by atoms with Crippen LogP contribution in [0, 0.1) is 0 Å². The van der Waals surface area contributed by atoms with Crippen LogP contribution in [0.1, 0.15) is 90.4 Å². The topological polar surface area (TPSA) is 9.23 Å². The minimum absolute atomic E-state index is 0.963. The molecule has 0 unspecified atom stereocenters. The average molecular weight is 268 g/mol. The van der Waals surface area contributed by atoms with Gasteiger partial charge in [0.05, 0.1) is 0 Å². The minimum Gasteiger partial charge on any atom is -0.381 e. The summed E-state index contributed by atoms with van der Waals surface area (Å²) >= 11 is 0. The van der Waals surface area contributed by atoms with Crippen molar-refractivity contribution in [3.8, 4) is 0 Å². The Morgan fingerprint density at radius 2 is 1.16 bits per heavy atom. The lowest BCUT2D eigenvalue weighted by Gasteiger charge is -2.04. The maximum atomic E-state index is 5.67. The summed E-state index contributed by atoms with van der Waals surface area (Å²) in [6, 6.07) is 0. The molecule has 0 rings (SSSR count). The van der Waals surface area contributed by atoms with Gasteiger partial charge >= 0.3 is 0 Å². The van der Waals surface area contributed by atoms with Crippen molar-refractivity contribution < 1.29 is 4.74 Å². The molecule has 0 bridgehead atoms. The van der Waals surface area contributed by atoms with Gasteiger partial charge in [-0.1, -0.05) is 70.8 Å². The number of allylic oxidation sites excluding steroid dienone is 1. The zero-order valence-corrected chi connectivity index (χ0v) is 13.3.